The van der Waals surface area contributed by atoms with Gasteiger partial charge in [0.1, 0.15) is 19.3 Å². The lowest BCUT2D eigenvalue weighted by Crippen LogP contribution is -2.30. The number of phosphoric acid groups is 2. The molecule has 0 aromatic rings. The van der Waals surface area contributed by atoms with Gasteiger partial charge in [-0.25, -0.2) is 9.13 Å². The molecule has 0 aromatic heterocycles. The molecule has 95 heavy (non-hydrogen) atoms. The lowest BCUT2D eigenvalue weighted by atomic mass is 10.00. The summed E-state index contributed by atoms with van der Waals surface area (Å²) in [5, 5.41) is 10.6. The minimum Gasteiger partial charge on any atom is -0.462 e. The normalized spacial score (nSPS) is 14.4. The quantitative estimate of drug-likeness (QED) is 0.0222. The molecule has 0 rings (SSSR count). The molecule has 3 unspecified atom stereocenters. The van der Waals surface area contributed by atoms with Gasteiger partial charge in [0.25, 0.3) is 0 Å². The van der Waals surface area contributed by atoms with Gasteiger partial charge in [-0.15, -0.1) is 0 Å². The molecule has 0 fully saturated rings. The molecular weight excluding hydrogens is 1250 g/mol. The first kappa shape index (κ1) is 93.1. The summed E-state index contributed by atoms with van der Waals surface area (Å²) < 4.78 is 68.5. The smallest absolute Gasteiger partial charge is 0.462 e. The molecule has 0 amide bonds. The van der Waals surface area contributed by atoms with Crippen LogP contribution in [0.2, 0.25) is 0 Å². The summed E-state index contributed by atoms with van der Waals surface area (Å²) in [4.78, 5) is 72.8. The highest BCUT2D eigenvalue weighted by molar-refractivity contribution is 7.47. The van der Waals surface area contributed by atoms with Gasteiger partial charge in [0.2, 0.25) is 0 Å². The second kappa shape index (κ2) is 65.4. The molecule has 0 aliphatic heterocycles. The Balaban J connectivity index is 5.21. The molecule has 3 N–H and O–H groups in total. The van der Waals surface area contributed by atoms with E-state index >= 15 is 0 Å². The molecule has 0 aliphatic rings. The Kier molecular flexibility index (Phi) is 64.0. The van der Waals surface area contributed by atoms with Crippen molar-refractivity contribution in [3.63, 3.8) is 0 Å². The average Bonchev–Trinajstić information content (AvgIpc) is 2.90. The van der Waals surface area contributed by atoms with Crippen LogP contribution in [0.5, 0.6) is 0 Å². The number of carbonyl (C=O) groups is 4. The van der Waals surface area contributed by atoms with Gasteiger partial charge in [-0.2, -0.15) is 0 Å². The second-order valence-corrected chi connectivity index (χ2v) is 32.0. The van der Waals surface area contributed by atoms with Gasteiger partial charge in [-0.3, -0.25) is 37.3 Å². The summed E-state index contributed by atoms with van der Waals surface area (Å²) in [5.41, 5.74) is 0. The standard InChI is InChI=1S/C76H148O17P2/c1-9-69(8)55-47-39-34-35-41-49-57-74(79)87-63-72(93-76(81)59-51-43-32-26-22-18-14-16-20-24-29-37-45-53-67(4)5)65-91-95(84,85)89-61-70(77)60-88-94(82,83)90-64-71(62-86-73(78)56-48-40-33-27-30-38-46-54-68(6)7)92-75(80)58-50-42-31-25-21-17-13-11-10-12-15-19-23-28-36-44-52-66(2)3/h66-72,77H,9-65H2,1-8H3,(H,82,83)(H,84,85)/t69?,70-,71-,72-/m1/s1. The summed E-state index contributed by atoms with van der Waals surface area (Å²) in [6.45, 7) is 14.2. The molecule has 0 aromatic carbocycles. The molecular formula is C76H148O17P2. The highest BCUT2D eigenvalue weighted by atomic mass is 31.2. The Labute approximate surface area is 581 Å². The number of aliphatic hydroxyl groups excluding tert-OH is 1. The summed E-state index contributed by atoms with van der Waals surface area (Å²) >= 11 is 0. The van der Waals surface area contributed by atoms with E-state index in [9.17, 15) is 43.2 Å². The number of carbonyl (C=O) groups excluding carboxylic acids is 4. The predicted molar refractivity (Wildman–Crippen MR) is 386 cm³/mol. The van der Waals surface area contributed by atoms with Crippen molar-refractivity contribution in [3.8, 4) is 0 Å². The van der Waals surface area contributed by atoms with E-state index in [0.717, 1.165) is 120 Å². The maximum absolute atomic E-state index is 13.1. The summed E-state index contributed by atoms with van der Waals surface area (Å²) in [6.07, 6.45) is 50.1. The van der Waals surface area contributed by atoms with E-state index in [1.807, 2.05) is 0 Å². The van der Waals surface area contributed by atoms with Crippen LogP contribution in [0.3, 0.4) is 0 Å². The largest absolute Gasteiger partial charge is 0.472 e. The fourth-order valence-electron chi connectivity index (χ4n) is 11.5. The molecule has 0 saturated carbocycles. The number of phosphoric ester groups is 2. The highest BCUT2D eigenvalue weighted by Gasteiger charge is 2.30. The van der Waals surface area contributed by atoms with Crippen LogP contribution in [0.4, 0.5) is 0 Å². The van der Waals surface area contributed by atoms with E-state index in [4.69, 9.17) is 37.0 Å². The number of hydrogen-bond donors (Lipinski definition) is 3. The van der Waals surface area contributed by atoms with Crippen LogP contribution in [0, 0.1) is 23.7 Å². The average molecular weight is 1400 g/mol. The molecule has 6 atom stereocenters. The molecule has 19 heteroatoms. The van der Waals surface area contributed by atoms with Crippen molar-refractivity contribution in [1.29, 1.82) is 0 Å². The molecule has 0 heterocycles. The first-order valence-electron chi connectivity index (χ1n) is 39.2. The zero-order valence-electron chi connectivity index (χ0n) is 62.3. The molecule has 0 bridgehead atoms. The number of aliphatic hydroxyl groups is 1. The van der Waals surface area contributed by atoms with E-state index in [0.29, 0.717) is 31.6 Å². The summed E-state index contributed by atoms with van der Waals surface area (Å²) in [5.74, 6) is 0.909. The van der Waals surface area contributed by atoms with Crippen molar-refractivity contribution in [2.24, 2.45) is 23.7 Å². The predicted octanol–water partition coefficient (Wildman–Crippen LogP) is 22.0. The monoisotopic (exact) mass is 1400 g/mol. The zero-order valence-corrected chi connectivity index (χ0v) is 64.1. The molecule has 17 nitrogen and oxygen atoms in total. The van der Waals surface area contributed by atoms with Crippen molar-refractivity contribution in [1.82, 2.24) is 0 Å². The Morgan fingerprint density at radius 1 is 0.295 bits per heavy atom. The van der Waals surface area contributed by atoms with Gasteiger partial charge >= 0.3 is 39.5 Å². The lowest BCUT2D eigenvalue weighted by molar-refractivity contribution is -0.161. The Hall–Kier alpha value is -1.94. The van der Waals surface area contributed by atoms with Gasteiger partial charge in [0.15, 0.2) is 12.2 Å². The minimum absolute atomic E-state index is 0.106. The lowest BCUT2D eigenvalue weighted by Gasteiger charge is -2.21. The topological polar surface area (TPSA) is 237 Å². The maximum Gasteiger partial charge on any atom is 0.472 e. The van der Waals surface area contributed by atoms with Crippen molar-refractivity contribution in [2.75, 3.05) is 39.6 Å². The minimum atomic E-state index is -4.96. The van der Waals surface area contributed by atoms with Crippen molar-refractivity contribution in [3.05, 3.63) is 0 Å². The van der Waals surface area contributed by atoms with E-state index in [2.05, 4.69) is 55.4 Å². The van der Waals surface area contributed by atoms with E-state index in [-0.39, 0.29) is 25.7 Å². The van der Waals surface area contributed by atoms with Crippen LogP contribution < -0.4 is 0 Å². The van der Waals surface area contributed by atoms with Crippen molar-refractivity contribution in [2.45, 2.75) is 401 Å². The molecule has 564 valence electrons. The van der Waals surface area contributed by atoms with Gasteiger partial charge in [-0.05, 0) is 49.4 Å². The van der Waals surface area contributed by atoms with Crippen LogP contribution >= 0.6 is 15.6 Å². The summed E-state index contributed by atoms with van der Waals surface area (Å²) in [7, 11) is -9.91. The molecule has 0 radical (unpaired) electrons. The highest BCUT2D eigenvalue weighted by Crippen LogP contribution is 2.45. The Morgan fingerprint density at radius 2 is 0.505 bits per heavy atom. The summed E-state index contributed by atoms with van der Waals surface area (Å²) in [6, 6.07) is 0. The SMILES string of the molecule is CCC(C)CCCCCCCCC(=O)OC[C@H](COP(=O)(O)OC[C@H](O)COP(=O)(O)OC[C@@H](COC(=O)CCCCCCCCCC(C)C)OC(=O)CCCCCCCCCCCCCCCCCCC(C)C)OC(=O)CCCCCCCCCCCCCCCC(C)C. The van der Waals surface area contributed by atoms with Crippen LogP contribution in [0.25, 0.3) is 0 Å². The van der Waals surface area contributed by atoms with Crippen molar-refractivity contribution >= 4 is 39.5 Å². The second-order valence-electron chi connectivity index (χ2n) is 29.1. The first-order chi connectivity index (χ1) is 45.6. The van der Waals surface area contributed by atoms with Crippen LogP contribution in [0.15, 0.2) is 0 Å². The third kappa shape index (κ3) is 69.0. The van der Waals surface area contributed by atoms with Gasteiger partial charge in [0.05, 0.1) is 26.4 Å². The third-order valence-corrected chi connectivity index (χ3v) is 19.8. The maximum atomic E-state index is 13.1. The first-order valence-corrected chi connectivity index (χ1v) is 42.2. The van der Waals surface area contributed by atoms with E-state index in [1.165, 1.54) is 173 Å². The zero-order chi connectivity index (χ0) is 70.3. The number of rotatable bonds is 73. The van der Waals surface area contributed by atoms with Crippen LogP contribution in [0.1, 0.15) is 383 Å². The van der Waals surface area contributed by atoms with E-state index in [1.54, 1.807) is 0 Å². The molecule has 0 aliphatic carbocycles. The Morgan fingerprint density at radius 3 is 0.747 bits per heavy atom. The number of hydrogen-bond acceptors (Lipinski definition) is 15. The van der Waals surface area contributed by atoms with E-state index < -0.39 is 97.5 Å². The van der Waals surface area contributed by atoms with Crippen LogP contribution in [-0.4, -0.2) is 96.7 Å². The molecule has 0 spiro atoms. The van der Waals surface area contributed by atoms with Gasteiger partial charge in [0, 0.05) is 25.7 Å². The van der Waals surface area contributed by atoms with Crippen molar-refractivity contribution < 1.29 is 80.2 Å². The third-order valence-electron chi connectivity index (χ3n) is 17.9. The molecule has 0 saturated heterocycles. The van der Waals surface area contributed by atoms with Gasteiger partial charge in [-0.1, -0.05) is 331 Å². The number of ether oxygens (including phenoxy) is 4. The fraction of sp³-hybridized carbons (Fsp3) is 0.947. The fourth-order valence-corrected chi connectivity index (χ4v) is 13.1. The Bertz CT molecular complexity index is 1870. The number of esters is 4. The van der Waals surface area contributed by atoms with Crippen LogP contribution in [-0.2, 0) is 65.4 Å². The number of unbranched alkanes of at least 4 members (excludes halogenated alkanes) is 38. The van der Waals surface area contributed by atoms with Gasteiger partial charge < -0.3 is 33.8 Å².